The summed E-state index contributed by atoms with van der Waals surface area (Å²) in [5.41, 5.74) is 2.92. The van der Waals surface area contributed by atoms with E-state index < -0.39 is 0 Å². The van der Waals surface area contributed by atoms with Crippen LogP contribution in [0.25, 0.3) is 0 Å². The highest BCUT2D eigenvalue weighted by Crippen LogP contribution is 2.32. The van der Waals surface area contributed by atoms with Crippen molar-refractivity contribution in [3.05, 3.63) is 70.2 Å². The van der Waals surface area contributed by atoms with E-state index in [1.54, 1.807) is 24.3 Å². The molecule has 0 aliphatic heterocycles. The number of halogens is 1. The number of amides is 1. The van der Waals surface area contributed by atoms with Crippen molar-refractivity contribution in [2.24, 2.45) is 4.99 Å². The number of carbonyl (C=O) groups excluding carboxylic acids is 1. The average Bonchev–Trinajstić information content (AvgIpc) is 2.62. The van der Waals surface area contributed by atoms with Crippen molar-refractivity contribution in [2.45, 2.75) is 45.3 Å². The molecule has 1 unspecified atom stereocenters. The molecule has 1 aliphatic rings. The van der Waals surface area contributed by atoms with Crippen molar-refractivity contribution in [1.82, 2.24) is 5.32 Å². The van der Waals surface area contributed by atoms with Gasteiger partial charge in [0.05, 0.1) is 22.7 Å². The van der Waals surface area contributed by atoms with E-state index in [0.29, 0.717) is 10.6 Å². The van der Waals surface area contributed by atoms with E-state index in [1.165, 1.54) is 11.1 Å². The number of amidine groups is 1. The second kappa shape index (κ2) is 8.37. The summed E-state index contributed by atoms with van der Waals surface area (Å²) >= 11 is 6.13. The van der Waals surface area contributed by atoms with Crippen molar-refractivity contribution in [1.29, 1.82) is 0 Å². The van der Waals surface area contributed by atoms with Gasteiger partial charge in [-0.25, -0.2) is 4.99 Å². The number of aliphatic imine (C=N–C) groups is 1. The van der Waals surface area contributed by atoms with Gasteiger partial charge in [0, 0.05) is 0 Å². The second-order valence-corrected chi connectivity index (χ2v) is 7.05. The lowest BCUT2D eigenvalue weighted by Crippen LogP contribution is -2.35. The highest BCUT2D eigenvalue weighted by Gasteiger charge is 2.22. The second-order valence-electron chi connectivity index (χ2n) is 6.64. The first-order valence-corrected chi connectivity index (χ1v) is 9.30. The number of aryl methyl sites for hydroxylation is 1. The molecule has 1 atom stereocenters. The number of nitrogens with zero attached hydrogens (tertiary/aromatic N) is 1. The highest BCUT2D eigenvalue weighted by molar-refractivity contribution is 6.34. The maximum atomic E-state index is 12.6. The molecule has 2 aromatic rings. The van der Waals surface area contributed by atoms with Gasteiger partial charge in [0.1, 0.15) is 0 Å². The van der Waals surface area contributed by atoms with Gasteiger partial charge >= 0.3 is 0 Å². The minimum Gasteiger partial charge on any atom is -0.462 e. The van der Waals surface area contributed by atoms with Crippen molar-refractivity contribution < 1.29 is 9.53 Å². The van der Waals surface area contributed by atoms with Crippen LogP contribution in [0.1, 0.15) is 54.2 Å². The Morgan fingerprint density at radius 3 is 2.69 bits per heavy atom. The van der Waals surface area contributed by atoms with E-state index >= 15 is 0 Å². The SMILES string of the molecule is CC(C)OC(=NC1CCCc2ccccc21)NC(=O)c1ccccc1Cl. The number of rotatable bonds is 3. The Hall–Kier alpha value is -2.33. The first-order valence-electron chi connectivity index (χ1n) is 8.92. The van der Waals surface area contributed by atoms with E-state index in [4.69, 9.17) is 21.3 Å². The van der Waals surface area contributed by atoms with Crippen LogP contribution in [-0.2, 0) is 11.2 Å². The van der Waals surface area contributed by atoms with Crippen LogP contribution in [0, 0.1) is 0 Å². The summed E-state index contributed by atoms with van der Waals surface area (Å²) in [6.45, 7) is 3.82. The number of hydrogen-bond donors (Lipinski definition) is 1. The lowest BCUT2D eigenvalue weighted by Gasteiger charge is -2.24. The third-order valence-corrected chi connectivity index (χ3v) is 4.63. The molecule has 5 heteroatoms. The van der Waals surface area contributed by atoms with Crippen molar-refractivity contribution in [3.63, 3.8) is 0 Å². The molecule has 0 bridgehead atoms. The van der Waals surface area contributed by atoms with Crippen LogP contribution in [-0.4, -0.2) is 18.0 Å². The molecule has 0 saturated carbocycles. The molecular weight excluding hydrogens is 348 g/mol. The van der Waals surface area contributed by atoms with Gasteiger partial charge < -0.3 is 4.74 Å². The molecular formula is C21H23ClN2O2. The van der Waals surface area contributed by atoms with E-state index in [-0.39, 0.29) is 24.1 Å². The summed E-state index contributed by atoms with van der Waals surface area (Å²) in [4.78, 5) is 17.3. The molecule has 0 radical (unpaired) electrons. The first kappa shape index (κ1) is 18.5. The molecule has 136 valence electrons. The third kappa shape index (κ3) is 4.44. The molecule has 0 saturated heterocycles. The molecule has 1 amide bonds. The molecule has 26 heavy (non-hydrogen) atoms. The molecule has 0 fully saturated rings. The van der Waals surface area contributed by atoms with Crippen LogP contribution in [0.3, 0.4) is 0 Å². The minimum atomic E-state index is -0.320. The fourth-order valence-corrected chi connectivity index (χ4v) is 3.35. The van der Waals surface area contributed by atoms with E-state index in [1.807, 2.05) is 19.9 Å². The largest absolute Gasteiger partial charge is 0.462 e. The molecule has 3 rings (SSSR count). The predicted molar refractivity (Wildman–Crippen MR) is 105 cm³/mol. The number of benzene rings is 2. The molecule has 0 spiro atoms. The topological polar surface area (TPSA) is 50.7 Å². The van der Waals surface area contributed by atoms with Gasteiger partial charge in [-0.05, 0) is 56.4 Å². The van der Waals surface area contributed by atoms with Gasteiger partial charge in [0.15, 0.2) is 0 Å². The zero-order valence-electron chi connectivity index (χ0n) is 15.0. The predicted octanol–water partition coefficient (Wildman–Crippen LogP) is 4.93. The molecule has 1 N–H and O–H groups in total. The number of nitrogens with one attached hydrogen (secondary N) is 1. The van der Waals surface area contributed by atoms with Gasteiger partial charge in [-0.2, -0.15) is 0 Å². The van der Waals surface area contributed by atoms with Crippen LogP contribution < -0.4 is 5.32 Å². The monoisotopic (exact) mass is 370 g/mol. The Labute approximate surface area is 159 Å². The van der Waals surface area contributed by atoms with Crippen LogP contribution in [0.15, 0.2) is 53.5 Å². The molecule has 4 nitrogen and oxygen atoms in total. The van der Waals surface area contributed by atoms with E-state index in [0.717, 1.165) is 19.3 Å². The fourth-order valence-electron chi connectivity index (χ4n) is 3.13. The summed E-state index contributed by atoms with van der Waals surface area (Å²) in [5, 5.41) is 3.19. The van der Waals surface area contributed by atoms with E-state index in [2.05, 4.69) is 23.5 Å². The summed E-state index contributed by atoms with van der Waals surface area (Å²) in [7, 11) is 0. The van der Waals surface area contributed by atoms with Crippen molar-refractivity contribution in [2.75, 3.05) is 0 Å². The lowest BCUT2D eigenvalue weighted by molar-refractivity contribution is 0.0959. The summed E-state index contributed by atoms with van der Waals surface area (Å²) < 4.78 is 5.78. The molecule has 0 aromatic heterocycles. The Kier molecular flexibility index (Phi) is 5.94. The molecule has 1 aliphatic carbocycles. The van der Waals surface area contributed by atoms with Crippen molar-refractivity contribution >= 4 is 23.5 Å². The van der Waals surface area contributed by atoms with Gasteiger partial charge in [-0.3, -0.25) is 10.1 Å². The smallest absolute Gasteiger partial charge is 0.292 e. The lowest BCUT2D eigenvalue weighted by atomic mass is 9.88. The van der Waals surface area contributed by atoms with Crippen molar-refractivity contribution in [3.8, 4) is 0 Å². The number of hydrogen-bond acceptors (Lipinski definition) is 3. The van der Waals surface area contributed by atoms with Crippen LogP contribution >= 0.6 is 11.6 Å². The Morgan fingerprint density at radius 2 is 1.92 bits per heavy atom. The van der Waals surface area contributed by atoms with Gasteiger partial charge in [0.25, 0.3) is 11.9 Å². The maximum absolute atomic E-state index is 12.6. The zero-order valence-corrected chi connectivity index (χ0v) is 15.8. The van der Waals surface area contributed by atoms with Gasteiger partial charge in [-0.15, -0.1) is 0 Å². The van der Waals surface area contributed by atoms with Crippen LogP contribution in [0.4, 0.5) is 0 Å². The van der Waals surface area contributed by atoms with Gasteiger partial charge in [0.2, 0.25) is 0 Å². The Morgan fingerprint density at radius 1 is 1.19 bits per heavy atom. The maximum Gasteiger partial charge on any atom is 0.292 e. The standard InChI is InChI=1S/C21H23ClN2O2/c1-14(2)26-21(24-20(25)17-11-5-6-12-18(17)22)23-19-13-7-9-15-8-3-4-10-16(15)19/h3-6,8,10-12,14,19H,7,9,13H2,1-2H3,(H,23,24,25). The molecule has 0 heterocycles. The fraction of sp³-hybridized carbons (Fsp3) is 0.333. The van der Waals surface area contributed by atoms with Gasteiger partial charge in [-0.1, -0.05) is 48.0 Å². The summed E-state index contributed by atoms with van der Waals surface area (Å²) in [6.07, 6.45) is 2.97. The Balaban J connectivity index is 1.86. The van der Waals surface area contributed by atoms with Crippen LogP contribution in [0.5, 0.6) is 0 Å². The number of carbonyl (C=O) groups is 1. The molecule has 2 aromatic carbocycles. The number of ether oxygens (including phenoxy) is 1. The highest BCUT2D eigenvalue weighted by atomic mass is 35.5. The quantitative estimate of drug-likeness (QED) is 0.615. The normalized spacial score (nSPS) is 16.9. The Bertz CT molecular complexity index is 817. The first-order chi connectivity index (χ1) is 12.5. The summed E-state index contributed by atoms with van der Waals surface area (Å²) in [5.74, 6) is -0.320. The zero-order chi connectivity index (χ0) is 18.5. The van der Waals surface area contributed by atoms with Crippen LogP contribution in [0.2, 0.25) is 5.02 Å². The third-order valence-electron chi connectivity index (χ3n) is 4.30. The average molecular weight is 371 g/mol. The number of fused-ring (bicyclic) bond motifs is 1. The minimum absolute atomic E-state index is 0.0137. The summed E-state index contributed by atoms with van der Waals surface area (Å²) in [6, 6.07) is 15.5. The van der Waals surface area contributed by atoms with E-state index in [9.17, 15) is 4.79 Å².